The van der Waals surface area contributed by atoms with E-state index in [0.717, 1.165) is 11.5 Å². The van der Waals surface area contributed by atoms with Crippen LogP contribution in [0.5, 0.6) is 0 Å². The number of nitrogens with zero attached hydrogens (tertiary/aromatic N) is 2. The van der Waals surface area contributed by atoms with Gasteiger partial charge in [0.25, 0.3) is 11.8 Å². The molecule has 0 radical (unpaired) electrons. The van der Waals surface area contributed by atoms with Crippen molar-refractivity contribution in [1.82, 2.24) is 3.96 Å². The summed E-state index contributed by atoms with van der Waals surface area (Å²) in [6, 6.07) is 14.1. The van der Waals surface area contributed by atoms with E-state index in [1.54, 1.807) is 30.3 Å². The maximum absolute atomic E-state index is 13.1. The van der Waals surface area contributed by atoms with Crippen molar-refractivity contribution in [2.75, 3.05) is 0 Å². The van der Waals surface area contributed by atoms with Gasteiger partial charge in [-0.25, -0.2) is 3.96 Å². The molecule has 1 amide bonds. The maximum Gasteiger partial charge on any atom is 0.278 e. The van der Waals surface area contributed by atoms with Crippen molar-refractivity contribution in [1.29, 1.82) is 0 Å². The summed E-state index contributed by atoms with van der Waals surface area (Å²) in [5.74, 6) is -0.879. The Balaban J connectivity index is 1.86. The monoisotopic (exact) mass is 528 g/mol. The number of hydrogen-bond donors (Lipinski definition) is 0. The van der Waals surface area contributed by atoms with Crippen molar-refractivity contribution in [2.24, 2.45) is 4.99 Å². The Morgan fingerprint density at radius 1 is 0.742 bits per heavy atom. The minimum atomic E-state index is -0.532. The van der Waals surface area contributed by atoms with Crippen molar-refractivity contribution in [3.63, 3.8) is 0 Å². The second-order valence-corrected chi connectivity index (χ2v) is 9.33. The normalized spacial score (nSPS) is 11.8. The standard InChI is InChI=1S/C21H9Cl5N2O2S/c22-12-3-6-18-13(9-12)20(27-19(29)10-1-4-14(23)16(25)7-10)31-28(18)21(30)11-2-5-15(24)17(26)8-11/h1-9H. The molecule has 1 aromatic heterocycles. The Bertz CT molecular complexity index is 1440. The Hall–Kier alpha value is -1.86. The van der Waals surface area contributed by atoms with Crippen molar-refractivity contribution in [2.45, 2.75) is 0 Å². The highest BCUT2D eigenvalue weighted by Gasteiger charge is 2.17. The van der Waals surface area contributed by atoms with Gasteiger partial charge in [0, 0.05) is 21.5 Å². The van der Waals surface area contributed by atoms with Gasteiger partial charge in [0.05, 0.1) is 25.6 Å². The van der Waals surface area contributed by atoms with Gasteiger partial charge in [-0.1, -0.05) is 58.0 Å². The summed E-state index contributed by atoms with van der Waals surface area (Å²) >= 11 is 31.1. The van der Waals surface area contributed by atoms with Crippen molar-refractivity contribution < 1.29 is 9.59 Å². The van der Waals surface area contributed by atoms with Gasteiger partial charge >= 0.3 is 0 Å². The predicted octanol–water partition coefficient (Wildman–Crippen LogP) is 7.40. The summed E-state index contributed by atoms with van der Waals surface area (Å²) in [7, 11) is 0. The van der Waals surface area contributed by atoms with Crippen LogP contribution in [0.1, 0.15) is 20.7 Å². The third-order valence-corrected chi connectivity index (χ3v) is 7.05. The van der Waals surface area contributed by atoms with Crippen molar-refractivity contribution >= 4 is 92.3 Å². The van der Waals surface area contributed by atoms with Crippen molar-refractivity contribution in [3.05, 3.63) is 95.5 Å². The van der Waals surface area contributed by atoms with Gasteiger partial charge < -0.3 is 0 Å². The van der Waals surface area contributed by atoms with Crippen LogP contribution in [-0.2, 0) is 0 Å². The molecule has 0 aliphatic rings. The zero-order valence-corrected chi connectivity index (χ0v) is 19.8. The van der Waals surface area contributed by atoms with Crippen LogP contribution >= 0.6 is 69.5 Å². The first-order chi connectivity index (χ1) is 14.7. The third kappa shape index (κ3) is 4.53. The quantitative estimate of drug-likeness (QED) is 0.271. The minimum Gasteiger partial charge on any atom is -0.267 e. The number of hydrogen-bond acceptors (Lipinski definition) is 3. The zero-order valence-electron chi connectivity index (χ0n) is 15.2. The number of halogens is 5. The number of aromatic nitrogens is 1. The Labute approximate surface area is 205 Å². The van der Waals surface area contributed by atoms with Gasteiger partial charge in [0.1, 0.15) is 4.67 Å². The highest BCUT2D eigenvalue weighted by Crippen LogP contribution is 2.26. The van der Waals surface area contributed by atoms with Gasteiger partial charge in [0.15, 0.2) is 0 Å². The van der Waals surface area contributed by atoms with Crippen LogP contribution in [0, 0.1) is 0 Å². The smallest absolute Gasteiger partial charge is 0.267 e. The van der Waals surface area contributed by atoms with E-state index in [2.05, 4.69) is 4.99 Å². The number of carbonyl (C=O) groups is 2. The van der Waals surface area contributed by atoms with E-state index in [4.69, 9.17) is 58.0 Å². The van der Waals surface area contributed by atoms with Crippen molar-refractivity contribution in [3.8, 4) is 0 Å². The predicted molar refractivity (Wildman–Crippen MR) is 127 cm³/mol. The van der Waals surface area contributed by atoms with E-state index in [1.807, 2.05) is 0 Å². The number of fused-ring (bicyclic) bond motifs is 1. The molecule has 0 aliphatic carbocycles. The second-order valence-electron chi connectivity index (χ2n) is 6.33. The molecule has 1 heterocycles. The van der Waals surface area contributed by atoms with Crippen LogP contribution in [0.15, 0.2) is 59.6 Å². The van der Waals surface area contributed by atoms with Crippen LogP contribution < -0.4 is 4.67 Å². The molecule has 0 unspecified atom stereocenters. The molecule has 4 rings (SSSR count). The molecule has 3 aromatic carbocycles. The number of carbonyl (C=O) groups excluding carboxylic acids is 2. The van der Waals surface area contributed by atoms with Crippen LogP contribution in [0.4, 0.5) is 0 Å². The van der Waals surface area contributed by atoms with E-state index in [1.165, 1.54) is 28.2 Å². The van der Waals surface area contributed by atoms with E-state index in [9.17, 15) is 9.59 Å². The molecule has 0 fully saturated rings. The van der Waals surface area contributed by atoms with Gasteiger partial charge in [-0.2, -0.15) is 4.99 Å². The summed E-state index contributed by atoms with van der Waals surface area (Å²) in [5, 5.41) is 2.17. The SMILES string of the molecule is O=C(N=c1sn(C(=O)c2ccc(Cl)c(Cl)c2)c2ccc(Cl)cc12)c1ccc(Cl)c(Cl)c1. The molecule has 0 atom stereocenters. The molecule has 0 N–H and O–H groups in total. The first-order valence-electron chi connectivity index (χ1n) is 8.60. The highest BCUT2D eigenvalue weighted by atomic mass is 35.5. The van der Waals surface area contributed by atoms with Crippen LogP contribution in [0.3, 0.4) is 0 Å². The topological polar surface area (TPSA) is 51.4 Å². The lowest BCUT2D eigenvalue weighted by molar-refractivity contribution is 0.0972. The highest BCUT2D eigenvalue weighted by molar-refractivity contribution is 7.06. The average Bonchev–Trinajstić information content (AvgIpc) is 3.08. The molecular weight excluding hydrogens is 522 g/mol. The van der Waals surface area contributed by atoms with Crippen LogP contribution in [0.2, 0.25) is 25.1 Å². The summed E-state index contributed by atoms with van der Waals surface area (Å²) < 4.78 is 1.74. The molecule has 156 valence electrons. The minimum absolute atomic E-state index is 0.242. The zero-order chi connectivity index (χ0) is 22.3. The maximum atomic E-state index is 13.1. The fourth-order valence-corrected chi connectivity index (χ4v) is 4.58. The van der Waals surface area contributed by atoms with Gasteiger partial charge in [-0.3, -0.25) is 9.59 Å². The first-order valence-corrected chi connectivity index (χ1v) is 11.3. The number of amides is 1. The molecule has 0 saturated heterocycles. The second kappa shape index (κ2) is 8.94. The van der Waals surface area contributed by atoms with Crippen LogP contribution in [0.25, 0.3) is 10.9 Å². The molecule has 4 nitrogen and oxygen atoms in total. The molecule has 31 heavy (non-hydrogen) atoms. The van der Waals surface area contributed by atoms with Gasteiger partial charge in [0.2, 0.25) is 0 Å². The molecule has 0 aliphatic heterocycles. The molecule has 0 saturated carbocycles. The largest absolute Gasteiger partial charge is 0.278 e. The van der Waals surface area contributed by atoms with Crippen LogP contribution in [-0.4, -0.2) is 15.8 Å². The van der Waals surface area contributed by atoms with Gasteiger partial charge in [-0.05, 0) is 66.1 Å². The lowest BCUT2D eigenvalue weighted by Crippen LogP contribution is -2.09. The number of rotatable bonds is 2. The third-order valence-electron chi connectivity index (χ3n) is 4.31. The summed E-state index contributed by atoms with van der Waals surface area (Å²) in [6.07, 6.45) is 0. The summed E-state index contributed by atoms with van der Waals surface area (Å²) in [4.78, 5) is 30.1. The molecule has 4 aromatic rings. The molecule has 0 spiro atoms. The molecule has 0 bridgehead atoms. The Kier molecular flexibility index (Phi) is 6.44. The molecular formula is C21H9Cl5N2O2S. The first kappa shape index (κ1) is 22.3. The lowest BCUT2D eigenvalue weighted by Gasteiger charge is -2.04. The fraction of sp³-hybridized carbons (Fsp3) is 0. The molecule has 10 heteroatoms. The van der Waals surface area contributed by atoms with E-state index >= 15 is 0 Å². The summed E-state index contributed by atoms with van der Waals surface area (Å²) in [5.41, 5.74) is 1.14. The lowest BCUT2D eigenvalue weighted by atomic mass is 10.2. The Morgan fingerprint density at radius 2 is 1.35 bits per heavy atom. The average molecular weight is 531 g/mol. The Morgan fingerprint density at radius 3 is 2.00 bits per heavy atom. The van der Waals surface area contributed by atoms with E-state index in [-0.39, 0.29) is 21.5 Å². The summed E-state index contributed by atoms with van der Waals surface area (Å²) in [6.45, 7) is 0. The van der Waals surface area contributed by atoms with E-state index in [0.29, 0.717) is 36.2 Å². The fourth-order valence-electron chi connectivity index (χ4n) is 2.81. The van der Waals surface area contributed by atoms with Gasteiger partial charge in [-0.15, -0.1) is 0 Å². The van der Waals surface area contributed by atoms with E-state index < -0.39 is 5.91 Å². The number of benzene rings is 3.